The Hall–Kier alpha value is -3.02. The van der Waals surface area contributed by atoms with Gasteiger partial charge in [0.05, 0.1) is 24.4 Å². The fourth-order valence-corrected chi connectivity index (χ4v) is 4.04. The molecule has 2 aromatic carbocycles. The number of aliphatic hydroxyl groups excluding tert-OH is 1. The standard InChI is InChI=1S/C23H17Cl2NO4/c1-13-4-6-14(7-5-13)21(27)19-20(17-9-8-15(24)11-18(17)25)26(23(29)22(19)28)12-16-3-2-10-30-16/h2-11,20,27H,12H2,1H3/b21-19+. The molecule has 1 aliphatic heterocycles. The van der Waals surface area contributed by atoms with Gasteiger partial charge in [0.1, 0.15) is 11.5 Å². The van der Waals surface area contributed by atoms with Crippen LogP contribution in [-0.2, 0) is 16.1 Å². The van der Waals surface area contributed by atoms with Crippen LogP contribution in [0.25, 0.3) is 5.76 Å². The first-order valence-corrected chi connectivity index (χ1v) is 9.95. The maximum Gasteiger partial charge on any atom is 0.296 e. The Labute approximate surface area is 183 Å². The van der Waals surface area contributed by atoms with E-state index in [0.29, 0.717) is 21.9 Å². The lowest BCUT2D eigenvalue weighted by molar-refractivity contribution is -0.140. The quantitative estimate of drug-likeness (QED) is 0.328. The molecule has 1 amide bonds. The Bertz CT molecular complexity index is 1150. The largest absolute Gasteiger partial charge is 0.507 e. The van der Waals surface area contributed by atoms with Gasteiger partial charge in [-0.15, -0.1) is 0 Å². The molecule has 3 aromatic rings. The number of nitrogens with zero attached hydrogens (tertiary/aromatic N) is 1. The van der Waals surface area contributed by atoms with Crippen molar-refractivity contribution in [3.63, 3.8) is 0 Å². The van der Waals surface area contributed by atoms with Gasteiger partial charge in [0.25, 0.3) is 11.7 Å². The molecule has 0 saturated carbocycles. The Balaban J connectivity index is 1.90. The summed E-state index contributed by atoms with van der Waals surface area (Å²) in [6, 6.07) is 14.4. The van der Waals surface area contributed by atoms with Crippen molar-refractivity contribution in [3.05, 3.63) is 98.9 Å². The number of aliphatic hydroxyl groups is 1. The van der Waals surface area contributed by atoms with Crippen LogP contribution in [0.15, 0.2) is 70.9 Å². The number of furan rings is 1. The minimum absolute atomic E-state index is 0.0281. The second-order valence-corrected chi connectivity index (χ2v) is 7.88. The Morgan fingerprint density at radius 1 is 1.10 bits per heavy atom. The number of likely N-dealkylation sites (tertiary alicyclic amines) is 1. The van der Waals surface area contributed by atoms with Gasteiger partial charge in [-0.05, 0) is 36.8 Å². The zero-order valence-electron chi connectivity index (χ0n) is 15.9. The van der Waals surface area contributed by atoms with Gasteiger partial charge in [-0.2, -0.15) is 0 Å². The van der Waals surface area contributed by atoms with Crippen LogP contribution in [0.3, 0.4) is 0 Å². The zero-order chi connectivity index (χ0) is 21.4. The maximum absolute atomic E-state index is 13.0. The van der Waals surface area contributed by atoms with Gasteiger partial charge in [-0.1, -0.05) is 59.1 Å². The van der Waals surface area contributed by atoms with Crippen molar-refractivity contribution in [1.29, 1.82) is 0 Å². The molecule has 1 atom stereocenters. The van der Waals surface area contributed by atoms with Crippen LogP contribution in [0.2, 0.25) is 10.0 Å². The van der Waals surface area contributed by atoms with Crippen molar-refractivity contribution in [1.82, 2.24) is 4.90 Å². The molecule has 1 N–H and O–H groups in total. The van der Waals surface area contributed by atoms with Gasteiger partial charge in [-0.3, -0.25) is 9.59 Å². The van der Waals surface area contributed by atoms with Crippen LogP contribution in [0, 0.1) is 6.92 Å². The van der Waals surface area contributed by atoms with Crippen LogP contribution in [0.4, 0.5) is 0 Å². The number of hydrogen-bond donors (Lipinski definition) is 1. The summed E-state index contributed by atoms with van der Waals surface area (Å²) in [6.07, 6.45) is 1.49. The summed E-state index contributed by atoms with van der Waals surface area (Å²) in [5.41, 5.74) is 1.90. The third kappa shape index (κ3) is 3.62. The zero-order valence-corrected chi connectivity index (χ0v) is 17.4. The Morgan fingerprint density at radius 2 is 1.83 bits per heavy atom. The van der Waals surface area contributed by atoms with Crippen molar-refractivity contribution >= 4 is 40.7 Å². The molecule has 0 spiro atoms. The highest BCUT2D eigenvalue weighted by Gasteiger charge is 2.47. The van der Waals surface area contributed by atoms with E-state index in [1.165, 1.54) is 17.2 Å². The first-order chi connectivity index (χ1) is 14.4. The molecular formula is C23H17Cl2NO4. The highest BCUT2D eigenvalue weighted by Crippen LogP contribution is 2.43. The molecule has 4 rings (SSSR count). The Kier molecular flexibility index (Phi) is 5.41. The molecule has 30 heavy (non-hydrogen) atoms. The van der Waals surface area contributed by atoms with E-state index in [1.54, 1.807) is 36.4 Å². The molecule has 152 valence electrons. The summed E-state index contributed by atoms with van der Waals surface area (Å²) in [6.45, 7) is 1.96. The normalized spacial score (nSPS) is 18.2. The van der Waals surface area contributed by atoms with Gasteiger partial charge in [0.2, 0.25) is 0 Å². The monoisotopic (exact) mass is 441 g/mol. The van der Waals surface area contributed by atoms with Crippen LogP contribution in [0.1, 0.15) is 28.5 Å². The molecule has 0 aliphatic carbocycles. The third-order valence-corrected chi connectivity index (χ3v) is 5.59. The molecule has 1 saturated heterocycles. The number of amides is 1. The lowest BCUT2D eigenvalue weighted by Gasteiger charge is -2.25. The number of hydrogen-bond acceptors (Lipinski definition) is 4. The third-order valence-electron chi connectivity index (χ3n) is 5.03. The van der Waals surface area contributed by atoms with Crippen LogP contribution >= 0.6 is 23.2 Å². The predicted molar refractivity (Wildman–Crippen MR) is 114 cm³/mol. The summed E-state index contributed by atoms with van der Waals surface area (Å²) in [7, 11) is 0. The number of ketones is 1. The van der Waals surface area contributed by atoms with Gasteiger partial charge in [-0.25, -0.2) is 0 Å². The van der Waals surface area contributed by atoms with Crippen molar-refractivity contribution < 1.29 is 19.1 Å². The number of carbonyl (C=O) groups is 2. The number of halogens is 2. The summed E-state index contributed by atoms with van der Waals surface area (Å²) >= 11 is 12.5. The molecule has 2 heterocycles. The summed E-state index contributed by atoms with van der Waals surface area (Å²) in [5, 5.41) is 11.7. The first-order valence-electron chi connectivity index (χ1n) is 9.19. The lowest BCUT2D eigenvalue weighted by atomic mass is 9.95. The molecule has 0 bridgehead atoms. The van der Waals surface area contributed by atoms with E-state index in [1.807, 2.05) is 19.1 Å². The van der Waals surface area contributed by atoms with Gasteiger partial charge in [0, 0.05) is 15.6 Å². The molecule has 5 nitrogen and oxygen atoms in total. The van der Waals surface area contributed by atoms with E-state index in [0.717, 1.165) is 5.56 Å². The van der Waals surface area contributed by atoms with E-state index >= 15 is 0 Å². The van der Waals surface area contributed by atoms with Crippen molar-refractivity contribution in [2.24, 2.45) is 0 Å². The lowest BCUT2D eigenvalue weighted by Crippen LogP contribution is -2.29. The van der Waals surface area contributed by atoms with Gasteiger partial charge in [0.15, 0.2) is 0 Å². The van der Waals surface area contributed by atoms with Crippen LogP contribution in [-0.4, -0.2) is 21.7 Å². The fraction of sp³-hybridized carbons (Fsp3) is 0.130. The van der Waals surface area contributed by atoms with Crippen LogP contribution < -0.4 is 0 Å². The van der Waals surface area contributed by atoms with E-state index in [2.05, 4.69) is 0 Å². The average Bonchev–Trinajstić information content (AvgIpc) is 3.31. The van der Waals surface area contributed by atoms with Crippen LogP contribution in [0.5, 0.6) is 0 Å². The molecule has 0 radical (unpaired) electrons. The van der Waals surface area contributed by atoms with E-state index in [-0.39, 0.29) is 22.9 Å². The van der Waals surface area contributed by atoms with E-state index in [9.17, 15) is 14.7 Å². The predicted octanol–water partition coefficient (Wildman–Crippen LogP) is 5.52. The number of carbonyl (C=O) groups excluding carboxylic acids is 2. The maximum atomic E-state index is 13.0. The number of Topliss-reactive ketones (excluding diaryl/α,β-unsaturated/α-hetero) is 1. The number of aryl methyl sites for hydroxylation is 1. The van der Waals surface area contributed by atoms with E-state index in [4.69, 9.17) is 27.6 Å². The van der Waals surface area contributed by atoms with E-state index < -0.39 is 17.7 Å². The molecule has 1 unspecified atom stereocenters. The second-order valence-electron chi connectivity index (χ2n) is 7.04. The SMILES string of the molecule is Cc1ccc(/C(O)=C2\C(=O)C(=O)N(Cc3ccco3)C2c2ccc(Cl)cc2Cl)cc1. The molecular weight excluding hydrogens is 425 g/mol. The molecule has 1 aliphatic rings. The van der Waals surface area contributed by atoms with Crippen molar-refractivity contribution in [2.45, 2.75) is 19.5 Å². The Morgan fingerprint density at radius 3 is 2.47 bits per heavy atom. The van der Waals surface area contributed by atoms with Crippen molar-refractivity contribution in [2.75, 3.05) is 0 Å². The van der Waals surface area contributed by atoms with Crippen molar-refractivity contribution in [3.8, 4) is 0 Å². The molecule has 1 aromatic heterocycles. The summed E-state index contributed by atoms with van der Waals surface area (Å²) in [4.78, 5) is 27.2. The molecule has 1 fully saturated rings. The highest BCUT2D eigenvalue weighted by molar-refractivity contribution is 6.47. The summed E-state index contributed by atoms with van der Waals surface area (Å²) < 4.78 is 5.37. The number of rotatable bonds is 4. The van der Waals surface area contributed by atoms with Gasteiger partial charge >= 0.3 is 0 Å². The fourth-order valence-electron chi connectivity index (χ4n) is 3.53. The topological polar surface area (TPSA) is 70.8 Å². The minimum Gasteiger partial charge on any atom is -0.507 e. The van der Waals surface area contributed by atoms with Gasteiger partial charge < -0.3 is 14.4 Å². The highest BCUT2D eigenvalue weighted by atomic mass is 35.5. The summed E-state index contributed by atoms with van der Waals surface area (Å²) in [5.74, 6) is -1.28. The number of benzene rings is 2. The first kappa shape index (κ1) is 20.3. The minimum atomic E-state index is -0.888. The average molecular weight is 442 g/mol. The second kappa shape index (κ2) is 8.01. The molecule has 7 heteroatoms. The smallest absolute Gasteiger partial charge is 0.296 e.